The van der Waals surface area contributed by atoms with E-state index in [-0.39, 0.29) is 12.1 Å². The molecule has 0 radical (unpaired) electrons. The number of amides is 1. The van der Waals surface area contributed by atoms with E-state index in [9.17, 15) is 9.59 Å². The number of hydrogen-bond donors (Lipinski definition) is 1. The molecule has 4 rings (SSSR count). The van der Waals surface area contributed by atoms with E-state index in [1.54, 1.807) is 31.4 Å². The number of carbonyl (C=O) groups is 1. The first-order valence-corrected chi connectivity index (χ1v) is 9.42. The van der Waals surface area contributed by atoms with Crippen molar-refractivity contribution in [2.45, 2.75) is 6.54 Å². The third-order valence-corrected chi connectivity index (χ3v) is 5.08. The van der Waals surface area contributed by atoms with Crippen LogP contribution in [-0.4, -0.2) is 13.0 Å². The molecule has 0 unspecified atom stereocenters. The first-order valence-electron chi connectivity index (χ1n) is 8.63. The van der Waals surface area contributed by atoms with Crippen molar-refractivity contribution in [1.82, 2.24) is 5.32 Å². The molecule has 0 fully saturated rings. The van der Waals surface area contributed by atoms with Crippen LogP contribution in [0.4, 0.5) is 0 Å². The van der Waals surface area contributed by atoms with Gasteiger partial charge in [-0.1, -0.05) is 46.3 Å². The molecule has 0 spiro atoms. The van der Waals surface area contributed by atoms with Gasteiger partial charge >= 0.3 is 5.63 Å². The number of hydrogen-bond acceptors (Lipinski definition) is 4. The van der Waals surface area contributed by atoms with Crippen molar-refractivity contribution in [3.8, 4) is 5.75 Å². The molecule has 6 heteroatoms. The molecule has 0 aliphatic rings. The topological polar surface area (TPSA) is 68.5 Å². The number of halogens is 1. The van der Waals surface area contributed by atoms with Gasteiger partial charge in [0.2, 0.25) is 0 Å². The molecule has 0 bridgehead atoms. The lowest BCUT2D eigenvalue weighted by Crippen LogP contribution is -2.28. The molecule has 0 saturated carbocycles. The number of nitrogens with one attached hydrogen (secondary N) is 1. The van der Waals surface area contributed by atoms with Crippen molar-refractivity contribution in [2.24, 2.45) is 0 Å². The van der Waals surface area contributed by atoms with Crippen LogP contribution in [0.5, 0.6) is 5.75 Å². The van der Waals surface area contributed by atoms with Gasteiger partial charge in [-0.15, -0.1) is 0 Å². The molecule has 28 heavy (non-hydrogen) atoms. The average molecular weight is 438 g/mol. The van der Waals surface area contributed by atoms with Crippen molar-refractivity contribution in [3.63, 3.8) is 0 Å². The minimum atomic E-state index is -0.662. The Labute approximate surface area is 169 Å². The number of ether oxygens (including phenoxy) is 1. The van der Waals surface area contributed by atoms with Crippen LogP contribution in [-0.2, 0) is 6.54 Å². The van der Waals surface area contributed by atoms with E-state index < -0.39 is 11.5 Å². The molecule has 0 atom stereocenters. The summed E-state index contributed by atoms with van der Waals surface area (Å²) in [5.74, 6) is 0.177. The molecule has 3 aromatic carbocycles. The summed E-state index contributed by atoms with van der Waals surface area (Å²) in [6, 6.07) is 18.4. The second-order valence-electron chi connectivity index (χ2n) is 6.28. The Kier molecular flexibility index (Phi) is 4.88. The second-order valence-corrected chi connectivity index (χ2v) is 7.20. The molecular formula is C22H16BrNO4. The highest BCUT2D eigenvalue weighted by atomic mass is 79.9. The summed E-state index contributed by atoms with van der Waals surface area (Å²) in [6.45, 7) is 0.216. The van der Waals surface area contributed by atoms with Crippen molar-refractivity contribution >= 4 is 43.6 Å². The fourth-order valence-corrected chi connectivity index (χ4v) is 3.58. The summed E-state index contributed by atoms with van der Waals surface area (Å²) in [6.07, 6.45) is 0. The zero-order chi connectivity index (χ0) is 19.7. The van der Waals surface area contributed by atoms with E-state index in [0.29, 0.717) is 16.7 Å². The van der Waals surface area contributed by atoms with Crippen LogP contribution >= 0.6 is 15.9 Å². The van der Waals surface area contributed by atoms with E-state index in [4.69, 9.17) is 9.15 Å². The Morgan fingerprint density at radius 1 is 1.07 bits per heavy atom. The van der Waals surface area contributed by atoms with Crippen molar-refractivity contribution in [2.75, 3.05) is 7.11 Å². The fourth-order valence-electron chi connectivity index (χ4n) is 3.20. The summed E-state index contributed by atoms with van der Waals surface area (Å²) in [5, 5.41) is 5.49. The van der Waals surface area contributed by atoms with Gasteiger partial charge in [-0.25, -0.2) is 4.79 Å². The molecule has 5 nitrogen and oxygen atoms in total. The van der Waals surface area contributed by atoms with Crippen molar-refractivity contribution in [1.29, 1.82) is 0 Å². The minimum Gasteiger partial charge on any atom is -0.496 e. The largest absolute Gasteiger partial charge is 0.496 e. The number of methoxy groups -OCH3 is 1. The number of carbonyl (C=O) groups excluding carboxylic acids is 1. The molecule has 4 aromatic rings. The fraction of sp³-hybridized carbons (Fsp3) is 0.0909. The van der Waals surface area contributed by atoms with Crippen LogP contribution in [0.25, 0.3) is 21.7 Å². The van der Waals surface area contributed by atoms with Gasteiger partial charge in [0.1, 0.15) is 16.9 Å². The van der Waals surface area contributed by atoms with Crippen LogP contribution < -0.4 is 15.7 Å². The normalized spacial score (nSPS) is 10.9. The van der Waals surface area contributed by atoms with Gasteiger partial charge in [0.25, 0.3) is 5.91 Å². The predicted octanol–water partition coefficient (Wildman–Crippen LogP) is 4.65. The lowest BCUT2D eigenvalue weighted by molar-refractivity contribution is 0.0947. The highest BCUT2D eigenvalue weighted by Gasteiger charge is 2.15. The monoisotopic (exact) mass is 437 g/mol. The summed E-state index contributed by atoms with van der Waals surface area (Å²) in [4.78, 5) is 24.9. The first kappa shape index (κ1) is 18.3. The minimum absolute atomic E-state index is 0.0272. The Morgan fingerprint density at radius 3 is 2.71 bits per heavy atom. The molecular weight excluding hydrogens is 422 g/mol. The van der Waals surface area contributed by atoms with Crippen LogP contribution in [0.2, 0.25) is 0 Å². The summed E-state index contributed by atoms with van der Waals surface area (Å²) in [5.41, 5.74) is 0.599. The van der Waals surface area contributed by atoms with Crippen molar-refractivity contribution in [3.05, 3.63) is 86.7 Å². The van der Waals surface area contributed by atoms with Crippen LogP contribution in [0.15, 0.2) is 74.3 Å². The number of fused-ring (bicyclic) bond motifs is 2. The van der Waals surface area contributed by atoms with Gasteiger partial charge in [0, 0.05) is 22.0 Å². The predicted molar refractivity (Wildman–Crippen MR) is 112 cm³/mol. The van der Waals surface area contributed by atoms with Crippen LogP contribution in [0, 0.1) is 0 Å². The van der Waals surface area contributed by atoms with Gasteiger partial charge in [0.05, 0.1) is 7.11 Å². The summed E-state index contributed by atoms with van der Waals surface area (Å²) < 4.78 is 11.7. The zero-order valence-electron chi connectivity index (χ0n) is 15.0. The maximum atomic E-state index is 12.7. The highest BCUT2D eigenvalue weighted by Crippen LogP contribution is 2.30. The van der Waals surface area contributed by atoms with E-state index in [2.05, 4.69) is 21.2 Å². The number of rotatable bonds is 4. The number of benzene rings is 3. The van der Waals surface area contributed by atoms with Gasteiger partial charge in [-0.05, 0) is 41.1 Å². The molecule has 1 amide bonds. The Bertz CT molecular complexity index is 1260. The number of para-hydroxylation sites is 1. The van der Waals surface area contributed by atoms with Gasteiger partial charge in [0.15, 0.2) is 0 Å². The smallest absolute Gasteiger partial charge is 0.349 e. The summed E-state index contributed by atoms with van der Waals surface area (Å²) >= 11 is 3.47. The molecule has 0 aliphatic carbocycles. The Balaban J connectivity index is 1.67. The third-order valence-electron chi connectivity index (χ3n) is 4.58. The maximum absolute atomic E-state index is 12.7. The Morgan fingerprint density at radius 2 is 1.89 bits per heavy atom. The highest BCUT2D eigenvalue weighted by molar-refractivity contribution is 9.10. The SMILES string of the molecule is COc1ccc2cc(Br)ccc2c1CNC(=O)c1cc2ccccc2oc1=O. The lowest BCUT2D eigenvalue weighted by Gasteiger charge is -2.13. The van der Waals surface area contributed by atoms with E-state index in [0.717, 1.165) is 20.8 Å². The summed E-state index contributed by atoms with van der Waals surface area (Å²) in [7, 11) is 1.59. The van der Waals surface area contributed by atoms with E-state index >= 15 is 0 Å². The average Bonchev–Trinajstić information content (AvgIpc) is 2.70. The van der Waals surface area contributed by atoms with Crippen LogP contribution in [0.3, 0.4) is 0 Å². The van der Waals surface area contributed by atoms with E-state index in [1.807, 2.05) is 36.4 Å². The molecule has 1 N–H and O–H groups in total. The second kappa shape index (κ2) is 7.48. The van der Waals surface area contributed by atoms with Crippen LogP contribution in [0.1, 0.15) is 15.9 Å². The zero-order valence-corrected chi connectivity index (χ0v) is 16.6. The molecule has 1 heterocycles. The van der Waals surface area contributed by atoms with Gasteiger partial charge in [-0.2, -0.15) is 0 Å². The van der Waals surface area contributed by atoms with Gasteiger partial charge < -0.3 is 14.5 Å². The van der Waals surface area contributed by atoms with E-state index in [1.165, 1.54) is 0 Å². The Hall–Kier alpha value is -3.12. The third kappa shape index (κ3) is 3.39. The quantitative estimate of drug-likeness (QED) is 0.471. The lowest BCUT2D eigenvalue weighted by atomic mass is 10.0. The molecule has 1 aromatic heterocycles. The van der Waals surface area contributed by atoms with Crippen molar-refractivity contribution < 1.29 is 13.9 Å². The molecule has 140 valence electrons. The molecule has 0 saturated heterocycles. The maximum Gasteiger partial charge on any atom is 0.349 e. The molecule has 0 aliphatic heterocycles. The van der Waals surface area contributed by atoms with Gasteiger partial charge in [-0.3, -0.25) is 4.79 Å². The first-order chi connectivity index (χ1) is 13.6. The standard InChI is InChI=1S/C22H16BrNO4/c1-27-20-9-6-13-10-15(23)7-8-16(13)18(20)12-24-21(25)17-11-14-4-2-3-5-19(14)28-22(17)26/h2-11H,12H2,1H3,(H,24,25).